The lowest BCUT2D eigenvalue weighted by atomic mass is 10.0. The number of amides is 3. The van der Waals surface area contributed by atoms with Crippen molar-refractivity contribution >= 4 is 23.5 Å². The molecule has 1 atom stereocenters. The minimum atomic E-state index is -0.614. The smallest absolute Gasteiger partial charge is 0.255 e. The zero-order chi connectivity index (χ0) is 17.6. The van der Waals surface area contributed by atoms with Crippen molar-refractivity contribution in [3.05, 3.63) is 41.5 Å². The Morgan fingerprint density at radius 3 is 2.68 bits per heavy atom. The Morgan fingerprint density at radius 2 is 1.96 bits per heavy atom. The van der Waals surface area contributed by atoms with Gasteiger partial charge in [0.15, 0.2) is 0 Å². The number of anilines is 1. The van der Waals surface area contributed by atoms with Crippen LogP contribution in [-0.2, 0) is 16.1 Å². The van der Waals surface area contributed by atoms with E-state index in [2.05, 4.69) is 15.5 Å². The van der Waals surface area contributed by atoms with Gasteiger partial charge in [0.25, 0.3) is 5.91 Å². The highest BCUT2D eigenvalue weighted by molar-refractivity contribution is 6.05. The first kappa shape index (κ1) is 15.3. The Labute approximate surface area is 143 Å². The Morgan fingerprint density at radius 1 is 1.12 bits per heavy atom. The van der Waals surface area contributed by atoms with Crippen LogP contribution in [0.5, 0.6) is 0 Å². The summed E-state index contributed by atoms with van der Waals surface area (Å²) in [5.74, 6) is -0.569. The standard InChI is InChI=1S/C17H15N5O3/c18-14-5-3-12(20-21-14)9-1-2-11-10(7-9)8-22(17(11)25)13-4-6-15(23)19-16(13)24/h1-3,5,7,13H,4,6,8H2,(H2,18,21)(H,19,23,24). The first-order valence-corrected chi connectivity index (χ1v) is 7.90. The van der Waals surface area contributed by atoms with Gasteiger partial charge < -0.3 is 10.6 Å². The molecule has 0 aliphatic carbocycles. The number of nitrogens with two attached hydrogens (primary N) is 1. The maximum atomic E-state index is 12.6. The Kier molecular flexibility index (Phi) is 3.45. The minimum absolute atomic E-state index is 0.195. The number of imide groups is 1. The van der Waals surface area contributed by atoms with E-state index < -0.39 is 11.9 Å². The van der Waals surface area contributed by atoms with E-state index in [0.717, 1.165) is 11.1 Å². The van der Waals surface area contributed by atoms with Crippen LogP contribution in [0.15, 0.2) is 30.3 Å². The molecule has 8 nitrogen and oxygen atoms in total. The number of benzene rings is 1. The lowest BCUT2D eigenvalue weighted by Gasteiger charge is -2.29. The predicted molar refractivity (Wildman–Crippen MR) is 87.9 cm³/mol. The quantitative estimate of drug-likeness (QED) is 0.770. The van der Waals surface area contributed by atoms with Crippen LogP contribution in [0.4, 0.5) is 5.82 Å². The summed E-state index contributed by atoms with van der Waals surface area (Å²) in [6.45, 7) is 0.330. The monoisotopic (exact) mass is 337 g/mol. The fourth-order valence-electron chi connectivity index (χ4n) is 3.23. The van der Waals surface area contributed by atoms with E-state index in [1.165, 1.54) is 4.90 Å². The fourth-order valence-corrected chi connectivity index (χ4v) is 3.23. The topological polar surface area (TPSA) is 118 Å². The van der Waals surface area contributed by atoms with Crippen LogP contribution < -0.4 is 11.1 Å². The molecule has 25 heavy (non-hydrogen) atoms. The molecule has 8 heteroatoms. The van der Waals surface area contributed by atoms with E-state index in [4.69, 9.17) is 5.73 Å². The largest absolute Gasteiger partial charge is 0.382 e. The van der Waals surface area contributed by atoms with Gasteiger partial charge in [0, 0.05) is 24.1 Å². The van der Waals surface area contributed by atoms with E-state index in [1.54, 1.807) is 24.3 Å². The van der Waals surface area contributed by atoms with E-state index in [9.17, 15) is 14.4 Å². The molecular weight excluding hydrogens is 322 g/mol. The summed E-state index contributed by atoms with van der Waals surface area (Å²) in [5.41, 5.74) is 8.42. The van der Waals surface area contributed by atoms with Crippen LogP contribution in [0.25, 0.3) is 11.3 Å². The molecule has 1 aromatic heterocycles. The molecule has 3 heterocycles. The van der Waals surface area contributed by atoms with Gasteiger partial charge in [-0.05, 0) is 36.2 Å². The molecule has 0 spiro atoms. The molecule has 2 aliphatic rings. The SMILES string of the molecule is Nc1ccc(-c2ccc3c(c2)CN(C2CCC(=O)NC2=O)C3=O)nn1. The first-order chi connectivity index (χ1) is 12.0. The molecule has 2 aromatic rings. The number of aromatic nitrogens is 2. The van der Waals surface area contributed by atoms with Gasteiger partial charge >= 0.3 is 0 Å². The number of carbonyl (C=O) groups is 3. The molecule has 0 saturated carbocycles. The number of fused-ring (bicyclic) bond motifs is 1. The van der Waals surface area contributed by atoms with E-state index >= 15 is 0 Å². The van der Waals surface area contributed by atoms with Crippen molar-refractivity contribution in [3.8, 4) is 11.3 Å². The number of nitrogen functional groups attached to an aromatic ring is 1. The van der Waals surface area contributed by atoms with Crippen LogP contribution in [0.3, 0.4) is 0 Å². The molecule has 1 unspecified atom stereocenters. The van der Waals surface area contributed by atoms with Crippen LogP contribution >= 0.6 is 0 Å². The molecular formula is C17H15N5O3. The highest BCUT2D eigenvalue weighted by Gasteiger charge is 2.39. The summed E-state index contributed by atoms with van der Waals surface area (Å²) in [6.07, 6.45) is 0.587. The van der Waals surface area contributed by atoms with Crippen LogP contribution in [0.1, 0.15) is 28.8 Å². The molecule has 0 bridgehead atoms. The van der Waals surface area contributed by atoms with Crippen molar-refractivity contribution in [2.45, 2.75) is 25.4 Å². The number of hydrogen-bond acceptors (Lipinski definition) is 6. The van der Waals surface area contributed by atoms with Crippen molar-refractivity contribution in [1.29, 1.82) is 0 Å². The van der Waals surface area contributed by atoms with Crippen LogP contribution in [-0.4, -0.2) is 38.9 Å². The molecule has 3 N–H and O–H groups in total. The van der Waals surface area contributed by atoms with Gasteiger partial charge in [-0.3, -0.25) is 19.7 Å². The third kappa shape index (κ3) is 2.61. The second-order valence-corrected chi connectivity index (χ2v) is 6.12. The second-order valence-electron chi connectivity index (χ2n) is 6.12. The first-order valence-electron chi connectivity index (χ1n) is 7.90. The van der Waals surface area contributed by atoms with Crippen molar-refractivity contribution in [1.82, 2.24) is 20.4 Å². The third-order valence-corrected chi connectivity index (χ3v) is 4.50. The van der Waals surface area contributed by atoms with E-state index in [-0.39, 0.29) is 18.2 Å². The number of piperidine rings is 1. The average Bonchev–Trinajstić information content (AvgIpc) is 2.92. The zero-order valence-electron chi connectivity index (χ0n) is 13.2. The fraction of sp³-hybridized carbons (Fsp3) is 0.235. The molecule has 4 rings (SSSR count). The maximum absolute atomic E-state index is 12.6. The Hall–Kier alpha value is -3.29. The normalized spacial score (nSPS) is 19.8. The van der Waals surface area contributed by atoms with Gasteiger partial charge in [0.05, 0.1) is 5.69 Å². The van der Waals surface area contributed by atoms with Gasteiger partial charge in [0.1, 0.15) is 11.9 Å². The molecule has 2 aliphatic heterocycles. The summed E-state index contributed by atoms with van der Waals surface area (Å²) in [4.78, 5) is 37.5. The van der Waals surface area contributed by atoms with E-state index in [0.29, 0.717) is 30.0 Å². The molecule has 0 radical (unpaired) electrons. The number of hydrogen-bond donors (Lipinski definition) is 2. The number of nitrogens with one attached hydrogen (secondary N) is 1. The number of carbonyl (C=O) groups excluding carboxylic acids is 3. The van der Waals surface area contributed by atoms with Gasteiger partial charge in [0.2, 0.25) is 11.8 Å². The van der Waals surface area contributed by atoms with E-state index in [1.807, 2.05) is 6.07 Å². The van der Waals surface area contributed by atoms with Gasteiger partial charge in [-0.15, -0.1) is 10.2 Å². The Balaban J connectivity index is 1.62. The summed E-state index contributed by atoms with van der Waals surface area (Å²) in [7, 11) is 0. The zero-order valence-corrected chi connectivity index (χ0v) is 13.2. The second kappa shape index (κ2) is 5.66. The van der Waals surface area contributed by atoms with Crippen molar-refractivity contribution in [2.24, 2.45) is 0 Å². The minimum Gasteiger partial charge on any atom is -0.382 e. The van der Waals surface area contributed by atoms with Crippen molar-refractivity contribution in [2.75, 3.05) is 5.73 Å². The molecule has 3 amide bonds. The van der Waals surface area contributed by atoms with Crippen LogP contribution in [0.2, 0.25) is 0 Å². The number of nitrogens with zero attached hydrogens (tertiary/aromatic N) is 3. The maximum Gasteiger partial charge on any atom is 0.255 e. The van der Waals surface area contributed by atoms with Crippen molar-refractivity contribution in [3.63, 3.8) is 0 Å². The Bertz CT molecular complexity index is 894. The number of rotatable bonds is 2. The van der Waals surface area contributed by atoms with Gasteiger partial charge in [-0.2, -0.15) is 0 Å². The lowest BCUT2D eigenvalue weighted by molar-refractivity contribution is -0.136. The summed E-state index contributed by atoms with van der Waals surface area (Å²) in [5, 5.41) is 10.2. The lowest BCUT2D eigenvalue weighted by Crippen LogP contribution is -2.52. The third-order valence-electron chi connectivity index (χ3n) is 4.50. The molecule has 1 aromatic carbocycles. The molecule has 1 saturated heterocycles. The molecule has 126 valence electrons. The van der Waals surface area contributed by atoms with Crippen molar-refractivity contribution < 1.29 is 14.4 Å². The molecule has 1 fully saturated rings. The highest BCUT2D eigenvalue weighted by atomic mass is 16.2. The predicted octanol–water partition coefficient (Wildman–Crippen LogP) is 0.487. The summed E-state index contributed by atoms with van der Waals surface area (Å²) in [6, 6.07) is 8.22. The average molecular weight is 337 g/mol. The van der Waals surface area contributed by atoms with Gasteiger partial charge in [-0.25, -0.2) is 0 Å². The summed E-state index contributed by atoms with van der Waals surface area (Å²) >= 11 is 0. The highest BCUT2D eigenvalue weighted by Crippen LogP contribution is 2.30. The van der Waals surface area contributed by atoms with Gasteiger partial charge in [-0.1, -0.05) is 6.07 Å². The van der Waals surface area contributed by atoms with Crippen LogP contribution in [0, 0.1) is 0 Å². The summed E-state index contributed by atoms with van der Waals surface area (Å²) < 4.78 is 0.